The third-order valence-corrected chi connectivity index (χ3v) is 5.71. The van der Waals surface area contributed by atoms with Gasteiger partial charge in [-0.25, -0.2) is 4.98 Å². The van der Waals surface area contributed by atoms with Gasteiger partial charge in [0, 0.05) is 36.3 Å². The minimum atomic E-state index is -0.0676. The van der Waals surface area contributed by atoms with E-state index >= 15 is 0 Å². The number of amides is 2. The van der Waals surface area contributed by atoms with Gasteiger partial charge in [-0.05, 0) is 30.2 Å². The van der Waals surface area contributed by atoms with Crippen molar-refractivity contribution in [2.75, 3.05) is 11.9 Å². The van der Waals surface area contributed by atoms with E-state index in [1.165, 1.54) is 18.3 Å². The summed E-state index contributed by atoms with van der Waals surface area (Å²) in [7, 11) is 0. The summed E-state index contributed by atoms with van der Waals surface area (Å²) < 4.78 is 5.72. The van der Waals surface area contributed by atoms with E-state index in [4.69, 9.17) is 4.74 Å². The van der Waals surface area contributed by atoms with E-state index in [0.29, 0.717) is 24.6 Å². The van der Waals surface area contributed by atoms with Crippen molar-refractivity contribution in [3.63, 3.8) is 0 Å². The van der Waals surface area contributed by atoms with Crippen LogP contribution in [0.4, 0.5) is 5.13 Å². The number of fused-ring (bicyclic) bond motifs is 1. The van der Waals surface area contributed by atoms with E-state index in [2.05, 4.69) is 15.6 Å². The molecule has 2 N–H and O–H groups in total. The molecule has 1 aromatic heterocycles. The Hall–Kier alpha value is -3.19. The number of aryl methyl sites for hydroxylation is 1. The average Bonchev–Trinajstić information content (AvgIpc) is 3.21. The Kier molecular flexibility index (Phi) is 6.09. The molecule has 1 aliphatic rings. The molecule has 0 spiro atoms. The van der Waals surface area contributed by atoms with Crippen LogP contribution in [0, 0.1) is 0 Å². The van der Waals surface area contributed by atoms with Crippen molar-refractivity contribution >= 4 is 28.3 Å². The van der Waals surface area contributed by atoms with Crippen molar-refractivity contribution in [1.29, 1.82) is 0 Å². The fraction of sp³-hybridized carbons (Fsp3) is 0.261. The zero-order chi connectivity index (χ0) is 20.9. The van der Waals surface area contributed by atoms with Crippen LogP contribution >= 0.6 is 11.3 Å². The smallest absolute Gasteiger partial charge is 0.226 e. The summed E-state index contributed by atoms with van der Waals surface area (Å²) in [6.45, 7) is 2.10. The van der Waals surface area contributed by atoms with Gasteiger partial charge in [0.05, 0.1) is 18.3 Å². The molecule has 2 amide bonds. The number of rotatable bonds is 6. The minimum absolute atomic E-state index is 0.0516. The molecule has 0 saturated heterocycles. The predicted octanol–water partition coefficient (Wildman–Crippen LogP) is 4.34. The maximum atomic E-state index is 12.3. The van der Waals surface area contributed by atoms with Crippen LogP contribution in [-0.2, 0) is 16.0 Å². The molecule has 30 heavy (non-hydrogen) atoms. The monoisotopic (exact) mass is 421 g/mol. The standard InChI is InChI=1S/C23H23N3O3S/c1-15(27)24-19-11-12-29-21-9-8-17(13-18(19)21)20-14-30-23(25-20)26-22(28)10-7-16-5-3-2-4-6-16/h2-6,8-9,13-14,19H,7,10-12H2,1H3,(H,24,27)(H,25,26,28). The van der Waals surface area contributed by atoms with E-state index in [9.17, 15) is 9.59 Å². The van der Waals surface area contributed by atoms with Gasteiger partial charge >= 0.3 is 0 Å². The molecule has 0 bridgehead atoms. The van der Waals surface area contributed by atoms with Crippen LogP contribution in [0.25, 0.3) is 11.3 Å². The van der Waals surface area contributed by atoms with Crippen LogP contribution in [0.1, 0.15) is 36.9 Å². The topological polar surface area (TPSA) is 80.3 Å². The normalized spacial score (nSPS) is 15.0. The molecule has 6 nitrogen and oxygen atoms in total. The van der Waals surface area contributed by atoms with Crippen LogP contribution < -0.4 is 15.4 Å². The van der Waals surface area contributed by atoms with Gasteiger partial charge < -0.3 is 15.4 Å². The summed E-state index contributed by atoms with van der Waals surface area (Å²) in [6, 6.07) is 15.7. The summed E-state index contributed by atoms with van der Waals surface area (Å²) in [6.07, 6.45) is 1.84. The van der Waals surface area contributed by atoms with Gasteiger partial charge in [0.1, 0.15) is 5.75 Å². The average molecular weight is 422 g/mol. The highest BCUT2D eigenvalue weighted by Gasteiger charge is 2.23. The van der Waals surface area contributed by atoms with Crippen molar-refractivity contribution in [3.05, 3.63) is 65.0 Å². The second-order valence-electron chi connectivity index (χ2n) is 7.21. The van der Waals surface area contributed by atoms with Crippen molar-refractivity contribution in [2.24, 2.45) is 0 Å². The number of thiazole rings is 1. The largest absolute Gasteiger partial charge is 0.493 e. The Balaban J connectivity index is 1.43. The molecule has 7 heteroatoms. The molecule has 0 fully saturated rings. The number of benzene rings is 2. The number of nitrogens with zero attached hydrogens (tertiary/aromatic N) is 1. The second-order valence-corrected chi connectivity index (χ2v) is 8.07. The molecular formula is C23H23N3O3S. The van der Waals surface area contributed by atoms with Gasteiger partial charge in [-0.1, -0.05) is 30.3 Å². The minimum Gasteiger partial charge on any atom is -0.493 e. The van der Waals surface area contributed by atoms with E-state index in [1.807, 2.05) is 53.9 Å². The number of carbonyl (C=O) groups is 2. The fourth-order valence-electron chi connectivity index (χ4n) is 3.50. The molecule has 3 aromatic rings. The van der Waals surface area contributed by atoms with E-state index in [0.717, 1.165) is 34.6 Å². The SMILES string of the molecule is CC(=O)NC1CCOc2ccc(-c3csc(NC(=O)CCc4ccccc4)n3)cc21. The van der Waals surface area contributed by atoms with E-state index in [-0.39, 0.29) is 17.9 Å². The zero-order valence-electron chi connectivity index (χ0n) is 16.7. The molecule has 0 radical (unpaired) electrons. The van der Waals surface area contributed by atoms with Crippen molar-refractivity contribution in [3.8, 4) is 17.0 Å². The maximum Gasteiger partial charge on any atom is 0.226 e. The molecular weight excluding hydrogens is 398 g/mol. The lowest BCUT2D eigenvalue weighted by molar-refractivity contribution is -0.120. The Labute approximate surface area is 179 Å². The zero-order valence-corrected chi connectivity index (χ0v) is 17.5. The van der Waals surface area contributed by atoms with Gasteiger partial charge in [-0.15, -0.1) is 11.3 Å². The van der Waals surface area contributed by atoms with Gasteiger partial charge in [0.25, 0.3) is 0 Å². The lowest BCUT2D eigenvalue weighted by Crippen LogP contribution is -2.30. The summed E-state index contributed by atoms with van der Waals surface area (Å²) in [5.41, 5.74) is 3.80. The molecule has 1 aliphatic heterocycles. The number of nitrogens with one attached hydrogen (secondary N) is 2. The first-order valence-corrected chi connectivity index (χ1v) is 10.8. The fourth-order valence-corrected chi connectivity index (χ4v) is 4.23. The van der Waals surface area contributed by atoms with Gasteiger partial charge in [-0.3, -0.25) is 9.59 Å². The van der Waals surface area contributed by atoms with Crippen LogP contribution in [0.5, 0.6) is 5.75 Å². The van der Waals surface area contributed by atoms with Crippen molar-refractivity contribution in [1.82, 2.24) is 10.3 Å². The first-order chi connectivity index (χ1) is 14.6. The van der Waals surface area contributed by atoms with Gasteiger partial charge in [0.15, 0.2) is 5.13 Å². The molecule has 2 aromatic carbocycles. The Morgan fingerprint density at radius 2 is 2.03 bits per heavy atom. The van der Waals surface area contributed by atoms with Crippen molar-refractivity contribution < 1.29 is 14.3 Å². The lowest BCUT2D eigenvalue weighted by Gasteiger charge is -2.26. The molecule has 4 rings (SSSR count). The van der Waals surface area contributed by atoms with Crippen LogP contribution in [0.2, 0.25) is 0 Å². The molecule has 0 aliphatic carbocycles. The van der Waals surface area contributed by atoms with Gasteiger partial charge in [0.2, 0.25) is 11.8 Å². The molecule has 0 saturated carbocycles. The quantitative estimate of drug-likeness (QED) is 0.620. The first-order valence-electron chi connectivity index (χ1n) is 9.92. The molecule has 1 unspecified atom stereocenters. The summed E-state index contributed by atoms with van der Waals surface area (Å²) in [4.78, 5) is 28.4. The highest BCUT2D eigenvalue weighted by molar-refractivity contribution is 7.14. The lowest BCUT2D eigenvalue weighted by atomic mass is 9.97. The highest BCUT2D eigenvalue weighted by atomic mass is 32.1. The van der Waals surface area contributed by atoms with Crippen LogP contribution in [0.3, 0.4) is 0 Å². The molecule has 1 atom stereocenters. The Bertz CT molecular complexity index is 1050. The first kappa shape index (κ1) is 20.1. The summed E-state index contributed by atoms with van der Waals surface area (Å²) in [5, 5.41) is 8.37. The number of anilines is 1. The summed E-state index contributed by atoms with van der Waals surface area (Å²) in [5.74, 6) is 0.671. The summed E-state index contributed by atoms with van der Waals surface area (Å²) >= 11 is 1.40. The number of aromatic nitrogens is 1. The second kappa shape index (κ2) is 9.09. The Morgan fingerprint density at radius 1 is 1.20 bits per heavy atom. The maximum absolute atomic E-state index is 12.3. The number of carbonyl (C=O) groups excluding carboxylic acids is 2. The van der Waals surface area contributed by atoms with E-state index in [1.54, 1.807) is 0 Å². The van der Waals surface area contributed by atoms with Crippen LogP contribution in [-0.4, -0.2) is 23.4 Å². The highest BCUT2D eigenvalue weighted by Crippen LogP contribution is 2.36. The Morgan fingerprint density at radius 3 is 2.83 bits per heavy atom. The molecule has 2 heterocycles. The number of hydrogen-bond donors (Lipinski definition) is 2. The van der Waals surface area contributed by atoms with E-state index < -0.39 is 0 Å². The number of ether oxygens (including phenoxy) is 1. The number of hydrogen-bond acceptors (Lipinski definition) is 5. The third kappa shape index (κ3) is 4.86. The third-order valence-electron chi connectivity index (χ3n) is 4.96. The predicted molar refractivity (Wildman–Crippen MR) is 118 cm³/mol. The van der Waals surface area contributed by atoms with Crippen LogP contribution in [0.15, 0.2) is 53.9 Å². The van der Waals surface area contributed by atoms with Gasteiger partial charge in [-0.2, -0.15) is 0 Å². The molecule has 154 valence electrons. The van der Waals surface area contributed by atoms with Crippen molar-refractivity contribution in [2.45, 2.75) is 32.2 Å².